The summed E-state index contributed by atoms with van der Waals surface area (Å²) in [5.74, 6) is 0.288. The van der Waals surface area contributed by atoms with Crippen molar-refractivity contribution in [2.24, 2.45) is 0 Å². The van der Waals surface area contributed by atoms with Gasteiger partial charge in [0.1, 0.15) is 0 Å². The molecular weight excluding hydrogens is 283 g/mol. The lowest BCUT2D eigenvalue weighted by molar-refractivity contribution is 0.387. The molecule has 2 heterocycles. The molecule has 1 aliphatic rings. The first-order valence-electron chi connectivity index (χ1n) is 5.92. The lowest BCUT2D eigenvalue weighted by Crippen LogP contribution is -2.02. The third kappa shape index (κ3) is 2.81. The molecule has 0 atom stereocenters. The number of methoxy groups -OCH3 is 1. The Bertz CT molecular complexity index is 614. The molecule has 0 bridgehead atoms. The van der Waals surface area contributed by atoms with Crippen LogP contribution in [0.25, 0.3) is 0 Å². The maximum absolute atomic E-state index is 13.3. The van der Waals surface area contributed by atoms with Gasteiger partial charge in [0.25, 0.3) is 0 Å². The molecule has 0 saturated carbocycles. The summed E-state index contributed by atoms with van der Waals surface area (Å²) in [4.78, 5) is 8.63. The van der Waals surface area contributed by atoms with E-state index in [9.17, 15) is 4.39 Å². The maximum Gasteiger partial charge on any atom is 0.227 e. The Morgan fingerprint density at radius 1 is 1.35 bits per heavy atom. The fraction of sp³-hybridized carbons (Fsp3) is 0.231. The fourth-order valence-corrected chi connectivity index (χ4v) is 1.99. The summed E-state index contributed by atoms with van der Waals surface area (Å²) < 4.78 is 18.2. The number of rotatable bonds is 3. The molecule has 0 radical (unpaired) electrons. The zero-order valence-corrected chi connectivity index (χ0v) is 11.6. The molecule has 7 heteroatoms. The zero-order chi connectivity index (χ0) is 13.2. The Balaban J connectivity index is 0.00000147. The van der Waals surface area contributed by atoms with Crippen LogP contribution < -0.4 is 15.4 Å². The normalized spacial score (nSPS) is 12.5. The smallest absolute Gasteiger partial charge is 0.227 e. The molecular formula is C13H14ClFN4O. The molecule has 1 aliphatic heterocycles. The average Bonchev–Trinajstić information content (AvgIpc) is 2.88. The number of fused-ring (bicyclic) bond motifs is 1. The maximum atomic E-state index is 13.3. The molecule has 0 amide bonds. The molecule has 0 unspecified atom stereocenters. The number of nitrogens with zero attached hydrogens (tertiary/aromatic N) is 2. The van der Waals surface area contributed by atoms with Gasteiger partial charge >= 0.3 is 0 Å². The molecule has 3 rings (SSSR count). The van der Waals surface area contributed by atoms with Gasteiger partial charge in [-0.1, -0.05) is 0 Å². The molecule has 2 N–H and O–H groups in total. The third-order valence-electron chi connectivity index (χ3n) is 2.97. The van der Waals surface area contributed by atoms with Gasteiger partial charge in [-0.05, 0) is 12.1 Å². The van der Waals surface area contributed by atoms with Crippen LogP contribution >= 0.6 is 12.4 Å². The number of benzene rings is 1. The van der Waals surface area contributed by atoms with Gasteiger partial charge < -0.3 is 15.4 Å². The van der Waals surface area contributed by atoms with E-state index in [1.807, 2.05) is 0 Å². The van der Waals surface area contributed by atoms with E-state index in [2.05, 4.69) is 20.6 Å². The van der Waals surface area contributed by atoms with Crippen molar-refractivity contribution in [1.82, 2.24) is 15.3 Å². The van der Waals surface area contributed by atoms with Gasteiger partial charge in [-0.25, -0.2) is 14.4 Å². The van der Waals surface area contributed by atoms with Gasteiger partial charge in [0.05, 0.1) is 12.8 Å². The van der Waals surface area contributed by atoms with Crippen LogP contribution in [0.15, 0.2) is 24.4 Å². The first kappa shape index (κ1) is 14.5. The molecule has 0 aliphatic carbocycles. The van der Waals surface area contributed by atoms with Crippen LogP contribution in [-0.2, 0) is 13.1 Å². The van der Waals surface area contributed by atoms with Crippen molar-refractivity contribution in [3.05, 3.63) is 41.5 Å². The first-order chi connectivity index (χ1) is 9.26. The van der Waals surface area contributed by atoms with Crippen LogP contribution in [0.4, 0.5) is 16.0 Å². The van der Waals surface area contributed by atoms with Crippen LogP contribution in [0, 0.1) is 5.82 Å². The van der Waals surface area contributed by atoms with Gasteiger partial charge in [-0.15, -0.1) is 12.4 Å². The summed E-state index contributed by atoms with van der Waals surface area (Å²) in [6, 6.07) is 4.53. The number of aromatic nitrogens is 2. The van der Waals surface area contributed by atoms with E-state index < -0.39 is 5.82 Å². The van der Waals surface area contributed by atoms with E-state index in [0.29, 0.717) is 11.6 Å². The summed E-state index contributed by atoms with van der Waals surface area (Å²) in [5, 5.41) is 6.24. The second-order valence-electron chi connectivity index (χ2n) is 4.24. The lowest BCUT2D eigenvalue weighted by Gasteiger charge is -2.08. The SMILES string of the molecule is COc1cc(Nc2ncc3c(n2)CNC3)ccc1F.Cl. The summed E-state index contributed by atoms with van der Waals surface area (Å²) in [5.41, 5.74) is 2.79. The van der Waals surface area contributed by atoms with Gasteiger partial charge in [-0.3, -0.25) is 0 Å². The van der Waals surface area contributed by atoms with E-state index in [1.54, 1.807) is 18.3 Å². The fourth-order valence-electron chi connectivity index (χ4n) is 1.99. The molecule has 1 aromatic heterocycles. The highest BCUT2D eigenvalue weighted by molar-refractivity contribution is 5.85. The Morgan fingerprint density at radius 2 is 2.20 bits per heavy atom. The van der Waals surface area contributed by atoms with Crippen LogP contribution in [0.2, 0.25) is 0 Å². The summed E-state index contributed by atoms with van der Waals surface area (Å²) in [6.45, 7) is 1.55. The quantitative estimate of drug-likeness (QED) is 0.911. The Kier molecular flexibility index (Phi) is 4.36. The van der Waals surface area contributed by atoms with E-state index >= 15 is 0 Å². The molecule has 0 saturated heterocycles. The lowest BCUT2D eigenvalue weighted by atomic mass is 10.3. The Labute approximate surface area is 122 Å². The summed E-state index contributed by atoms with van der Waals surface area (Å²) in [7, 11) is 1.43. The van der Waals surface area contributed by atoms with E-state index in [1.165, 1.54) is 13.2 Å². The predicted molar refractivity (Wildman–Crippen MR) is 76.1 cm³/mol. The molecule has 0 fully saturated rings. The minimum Gasteiger partial charge on any atom is -0.494 e. The number of ether oxygens (including phenoxy) is 1. The highest BCUT2D eigenvalue weighted by Crippen LogP contribution is 2.23. The van der Waals surface area contributed by atoms with E-state index in [0.717, 1.165) is 24.3 Å². The van der Waals surface area contributed by atoms with Gasteiger partial charge in [0.2, 0.25) is 5.95 Å². The van der Waals surface area contributed by atoms with Crippen molar-refractivity contribution in [2.45, 2.75) is 13.1 Å². The topological polar surface area (TPSA) is 59.1 Å². The molecule has 5 nitrogen and oxygen atoms in total. The largest absolute Gasteiger partial charge is 0.494 e. The zero-order valence-electron chi connectivity index (χ0n) is 10.8. The van der Waals surface area contributed by atoms with Crippen LogP contribution in [0.1, 0.15) is 11.3 Å². The monoisotopic (exact) mass is 296 g/mol. The van der Waals surface area contributed by atoms with E-state index in [4.69, 9.17) is 4.74 Å². The van der Waals surface area contributed by atoms with E-state index in [-0.39, 0.29) is 18.2 Å². The van der Waals surface area contributed by atoms with Crippen LogP contribution in [0.3, 0.4) is 0 Å². The highest BCUT2D eigenvalue weighted by atomic mass is 35.5. The molecule has 106 valence electrons. The van der Waals surface area contributed by atoms with Crippen molar-refractivity contribution in [3.63, 3.8) is 0 Å². The number of nitrogens with one attached hydrogen (secondary N) is 2. The van der Waals surface area contributed by atoms with Gasteiger partial charge in [-0.2, -0.15) is 0 Å². The number of hydrogen-bond donors (Lipinski definition) is 2. The van der Waals surface area contributed by atoms with Crippen molar-refractivity contribution in [3.8, 4) is 5.75 Å². The van der Waals surface area contributed by atoms with Crippen molar-refractivity contribution < 1.29 is 9.13 Å². The van der Waals surface area contributed by atoms with Gasteiger partial charge in [0.15, 0.2) is 11.6 Å². The molecule has 1 aromatic carbocycles. The van der Waals surface area contributed by atoms with Crippen LogP contribution in [0.5, 0.6) is 5.75 Å². The van der Waals surface area contributed by atoms with Crippen molar-refractivity contribution in [2.75, 3.05) is 12.4 Å². The number of hydrogen-bond acceptors (Lipinski definition) is 5. The first-order valence-corrected chi connectivity index (χ1v) is 5.92. The standard InChI is InChI=1S/C13H13FN4O.ClH/c1-19-12-4-9(2-3-10(12)14)17-13-16-6-8-5-15-7-11(8)18-13;/h2-4,6,15H,5,7H2,1H3,(H,16,17,18);1H. The molecule has 0 spiro atoms. The van der Waals surface area contributed by atoms with Crippen molar-refractivity contribution in [1.29, 1.82) is 0 Å². The summed E-state index contributed by atoms with van der Waals surface area (Å²) in [6.07, 6.45) is 1.80. The molecule has 20 heavy (non-hydrogen) atoms. The molecule has 2 aromatic rings. The number of halogens is 2. The Hall–Kier alpha value is -1.92. The van der Waals surface area contributed by atoms with Gasteiger partial charge in [0, 0.05) is 36.6 Å². The summed E-state index contributed by atoms with van der Waals surface area (Å²) >= 11 is 0. The minimum absolute atomic E-state index is 0. The second-order valence-corrected chi connectivity index (χ2v) is 4.24. The minimum atomic E-state index is -0.396. The van der Waals surface area contributed by atoms with Crippen molar-refractivity contribution >= 4 is 24.0 Å². The second kappa shape index (κ2) is 6.02. The number of anilines is 2. The average molecular weight is 297 g/mol. The Morgan fingerprint density at radius 3 is 3.00 bits per heavy atom. The third-order valence-corrected chi connectivity index (χ3v) is 2.97. The van der Waals surface area contributed by atoms with Crippen LogP contribution in [-0.4, -0.2) is 17.1 Å². The highest BCUT2D eigenvalue weighted by Gasteiger charge is 2.13. The predicted octanol–water partition coefficient (Wildman–Crippen LogP) is 2.39.